The molecule has 4 rings (SSSR count). The standard InChI is InChI=1S/C17H20FN5O/c18-15-9-19-6-4-13(15)16-10-23(22-21-16)7-1-5-20-17(24)12-3-2-11-8-14(11)12/h4,6,9-12,14H,1-3,5,7-8H2,(H,20,24)/t11-,12-,14+/m1/s1. The SMILES string of the molecule is O=C(NCCCn1cc(-c2ccncc2F)nn1)[C@@H]1CC[C@@H]2C[C@@H]21. The molecule has 2 aliphatic carbocycles. The number of aryl methyl sites for hydroxylation is 1. The lowest BCUT2D eigenvalue weighted by atomic mass is 10.0. The summed E-state index contributed by atoms with van der Waals surface area (Å²) in [6.45, 7) is 1.27. The van der Waals surface area contributed by atoms with Crippen LogP contribution in [0.25, 0.3) is 11.3 Å². The number of carbonyl (C=O) groups is 1. The van der Waals surface area contributed by atoms with E-state index < -0.39 is 5.82 Å². The quantitative estimate of drug-likeness (QED) is 0.823. The molecule has 3 atom stereocenters. The van der Waals surface area contributed by atoms with Crippen molar-refractivity contribution in [3.63, 3.8) is 0 Å². The van der Waals surface area contributed by atoms with Gasteiger partial charge in [-0.15, -0.1) is 5.10 Å². The summed E-state index contributed by atoms with van der Waals surface area (Å²) in [4.78, 5) is 15.9. The van der Waals surface area contributed by atoms with E-state index in [2.05, 4.69) is 20.6 Å². The first-order chi connectivity index (χ1) is 11.7. The van der Waals surface area contributed by atoms with Crippen molar-refractivity contribution in [3.8, 4) is 11.3 Å². The molecule has 126 valence electrons. The van der Waals surface area contributed by atoms with E-state index in [1.165, 1.54) is 19.0 Å². The lowest BCUT2D eigenvalue weighted by Crippen LogP contribution is -2.32. The molecule has 0 saturated heterocycles. The van der Waals surface area contributed by atoms with Gasteiger partial charge in [-0.1, -0.05) is 5.21 Å². The number of amides is 1. The second-order valence-electron chi connectivity index (χ2n) is 6.71. The lowest BCUT2D eigenvalue weighted by molar-refractivity contribution is -0.125. The van der Waals surface area contributed by atoms with Crippen molar-refractivity contribution in [2.75, 3.05) is 6.54 Å². The first kappa shape index (κ1) is 15.2. The van der Waals surface area contributed by atoms with Crippen LogP contribution in [0.5, 0.6) is 0 Å². The maximum atomic E-state index is 13.7. The fourth-order valence-electron chi connectivity index (χ4n) is 3.73. The zero-order chi connectivity index (χ0) is 16.5. The molecule has 2 heterocycles. The summed E-state index contributed by atoms with van der Waals surface area (Å²) >= 11 is 0. The Labute approximate surface area is 139 Å². The van der Waals surface area contributed by atoms with Gasteiger partial charge in [-0.2, -0.15) is 0 Å². The lowest BCUT2D eigenvalue weighted by Gasteiger charge is -2.12. The molecule has 0 aliphatic heterocycles. The van der Waals surface area contributed by atoms with E-state index in [1.54, 1.807) is 16.9 Å². The summed E-state index contributed by atoms with van der Waals surface area (Å²) in [6.07, 6.45) is 8.68. The molecule has 0 radical (unpaired) electrons. The summed E-state index contributed by atoms with van der Waals surface area (Å²) in [6, 6.07) is 1.58. The fraction of sp³-hybridized carbons (Fsp3) is 0.529. The number of nitrogens with one attached hydrogen (secondary N) is 1. The highest BCUT2D eigenvalue weighted by Crippen LogP contribution is 2.55. The molecule has 0 bridgehead atoms. The van der Waals surface area contributed by atoms with E-state index >= 15 is 0 Å². The average molecular weight is 329 g/mol. The van der Waals surface area contributed by atoms with E-state index in [0.717, 1.165) is 25.0 Å². The Balaban J connectivity index is 1.25. The van der Waals surface area contributed by atoms with Crippen LogP contribution in [-0.2, 0) is 11.3 Å². The minimum atomic E-state index is -0.410. The molecule has 6 nitrogen and oxygen atoms in total. The second kappa shape index (κ2) is 6.30. The van der Waals surface area contributed by atoms with Gasteiger partial charge in [0.1, 0.15) is 5.69 Å². The monoisotopic (exact) mass is 329 g/mol. The number of nitrogens with zero attached hydrogens (tertiary/aromatic N) is 4. The maximum Gasteiger partial charge on any atom is 0.223 e. The van der Waals surface area contributed by atoms with Crippen LogP contribution in [0.1, 0.15) is 25.7 Å². The Morgan fingerprint density at radius 3 is 3.08 bits per heavy atom. The molecule has 2 aromatic rings. The summed E-state index contributed by atoms with van der Waals surface area (Å²) in [5.41, 5.74) is 0.884. The van der Waals surface area contributed by atoms with Gasteiger partial charge in [0.2, 0.25) is 5.91 Å². The molecule has 0 unspecified atom stereocenters. The summed E-state index contributed by atoms with van der Waals surface area (Å²) < 4.78 is 15.4. The minimum Gasteiger partial charge on any atom is -0.356 e. The predicted molar refractivity (Wildman–Crippen MR) is 85.2 cm³/mol. The van der Waals surface area contributed by atoms with Gasteiger partial charge in [0, 0.05) is 30.8 Å². The summed E-state index contributed by atoms with van der Waals surface area (Å²) in [7, 11) is 0. The average Bonchev–Trinajstić information content (AvgIpc) is 3.02. The van der Waals surface area contributed by atoms with Crippen LogP contribution < -0.4 is 5.32 Å². The van der Waals surface area contributed by atoms with Crippen molar-refractivity contribution in [2.45, 2.75) is 32.2 Å². The molecular formula is C17H20FN5O. The Hall–Kier alpha value is -2.31. The van der Waals surface area contributed by atoms with Gasteiger partial charge < -0.3 is 5.32 Å². The van der Waals surface area contributed by atoms with Crippen molar-refractivity contribution >= 4 is 5.91 Å². The van der Waals surface area contributed by atoms with E-state index in [-0.39, 0.29) is 11.8 Å². The van der Waals surface area contributed by atoms with Gasteiger partial charge in [-0.05, 0) is 43.6 Å². The first-order valence-electron chi connectivity index (χ1n) is 8.50. The molecule has 0 spiro atoms. The number of halogens is 1. The molecule has 2 aromatic heterocycles. The van der Waals surface area contributed by atoms with E-state index in [1.807, 2.05) is 0 Å². The Bertz CT molecular complexity index is 746. The predicted octanol–water partition coefficient (Wildman–Crippen LogP) is 2.03. The third-order valence-electron chi connectivity index (χ3n) is 5.13. The highest BCUT2D eigenvalue weighted by atomic mass is 19.1. The van der Waals surface area contributed by atoms with E-state index in [0.29, 0.717) is 30.3 Å². The van der Waals surface area contributed by atoms with Gasteiger partial charge in [-0.3, -0.25) is 14.5 Å². The smallest absolute Gasteiger partial charge is 0.223 e. The van der Waals surface area contributed by atoms with Crippen LogP contribution in [0.15, 0.2) is 24.7 Å². The zero-order valence-electron chi connectivity index (χ0n) is 13.4. The number of hydrogen-bond donors (Lipinski definition) is 1. The minimum absolute atomic E-state index is 0.207. The van der Waals surface area contributed by atoms with Crippen LogP contribution in [0, 0.1) is 23.6 Å². The zero-order valence-corrected chi connectivity index (χ0v) is 13.4. The normalized spacial score (nSPS) is 24.6. The Morgan fingerprint density at radius 1 is 1.42 bits per heavy atom. The molecule has 2 aliphatic rings. The first-order valence-corrected chi connectivity index (χ1v) is 8.50. The Kier molecular flexibility index (Phi) is 4.00. The van der Waals surface area contributed by atoms with Gasteiger partial charge in [0.25, 0.3) is 0 Å². The number of aromatic nitrogens is 4. The van der Waals surface area contributed by atoms with Crippen LogP contribution in [0.3, 0.4) is 0 Å². The second-order valence-corrected chi connectivity index (χ2v) is 6.71. The molecule has 0 aromatic carbocycles. The van der Waals surface area contributed by atoms with Crippen molar-refractivity contribution in [1.29, 1.82) is 0 Å². The highest BCUT2D eigenvalue weighted by Gasteiger charge is 2.50. The van der Waals surface area contributed by atoms with E-state index in [4.69, 9.17) is 0 Å². The van der Waals surface area contributed by atoms with Gasteiger partial charge >= 0.3 is 0 Å². The third-order valence-corrected chi connectivity index (χ3v) is 5.13. The number of rotatable bonds is 6. The molecule has 24 heavy (non-hydrogen) atoms. The molecule has 2 saturated carbocycles. The van der Waals surface area contributed by atoms with Crippen molar-refractivity contribution < 1.29 is 9.18 Å². The number of fused-ring (bicyclic) bond motifs is 1. The number of hydrogen-bond acceptors (Lipinski definition) is 4. The van der Waals surface area contributed by atoms with Crippen molar-refractivity contribution in [3.05, 3.63) is 30.5 Å². The van der Waals surface area contributed by atoms with Crippen molar-refractivity contribution in [1.82, 2.24) is 25.3 Å². The van der Waals surface area contributed by atoms with Gasteiger partial charge in [0.15, 0.2) is 5.82 Å². The van der Waals surface area contributed by atoms with Crippen molar-refractivity contribution in [2.24, 2.45) is 17.8 Å². The Morgan fingerprint density at radius 2 is 2.33 bits per heavy atom. The van der Waals surface area contributed by atoms with Crippen LogP contribution in [0.2, 0.25) is 0 Å². The topological polar surface area (TPSA) is 72.7 Å². The van der Waals surface area contributed by atoms with Gasteiger partial charge in [0.05, 0.1) is 12.4 Å². The van der Waals surface area contributed by atoms with Crippen LogP contribution in [-0.4, -0.2) is 32.4 Å². The molecular weight excluding hydrogens is 309 g/mol. The molecule has 7 heteroatoms. The third kappa shape index (κ3) is 3.02. The number of pyridine rings is 1. The fourth-order valence-corrected chi connectivity index (χ4v) is 3.73. The maximum absolute atomic E-state index is 13.7. The largest absolute Gasteiger partial charge is 0.356 e. The van der Waals surface area contributed by atoms with Gasteiger partial charge in [-0.25, -0.2) is 4.39 Å². The molecule has 2 fully saturated rings. The summed E-state index contributed by atoms with van der Waals surface area (Å²) in [5, 5.41) is 11.0. The highest BCUT2D eigenvalue weighted by molar-refractivity contribution is 5.79. The van der Waals surface area contributed by atoms with Crippen LogP contribution in [0.4, 0.5) is 4.39 Å². The molecule has 1 N–H and O–H groups in total. The van der Waals surface area contributed by atoms with E-state index in [9.17, 15) is 9.18 Å². The molecule has 1 amide bonds. The number of carbonyl (C=O) groups excluding carboxylic acids is 1. The van der Waals surface area contributed by atoms with Crippen LogP contribution >= 0.6 is 0 Å². The summed E-state index contributed by atoms with van der Waals surface area (Å²) in [5.74, 6) is 1.51.